The van der Waals surface area contributed by atoms with E-state index in [2.05, 4.69) is 14.9 Å². The van der Waals surface area contributed by atoms with Gasteiger partial charge < -0.3 is 9.80 Å². The number of aromatic nitrogens is 2. The fourth-order valence-electron chi connectivity index (χ4n) is 4.20. The summed E-state index contributed by atoms with van der Waals surface area (Å²) in [4.78, 5) is 25.6. The van der Waals surface area contributed by atoms with Crippen molar-refractivity contribution in [2.75, 3.05) is 31.1 Å². The monoisotopic (exact) mass is 354 g/mol. The molecule has 5 nitrogen and oxygen atoms in total. The summed E-state index contributed by atoms with van der Waals surface area (Å²) < 4.78 is 13.0. The van der Waals surface area contributed by atoms with Gasteiger partial charge in [0.05, 0.1) is 6.42 Å². The standard InChI is InChI=1S/C20H23FN4O/c21-17-5-3-16(4-6-17)13-18(26)24-12-8-20(14-24)7-1-11-25(15-20)19-22-9-2-10-23-19/h2-6,9-10H,1,7-8,11-15H2/t20-/m1/s1. The molecule has 0 bridgehead atoms. The first kappa shape index (κ1) is 16.9. The fraction of sp³-hybridized carbons (Fsp3) is 0.450. The molecule has 2 aliphatic heterocycles. The highest BCUT2D eigenvalue weighted by Crippen LogP contribution is 2.39. The molecule has 1 amide bonds. The molecule has 1 aromatic heterocycles. The molecule has 6 heteroatoms. The number of amides is 1. The molecule has 0 saturated carbocycles. The number of nitrogens with zero attached hydrogens (tertiary/aromatic N) is 4. The lowest BCUT2D eigenvalue weighted by atomic mass is 9.79. The third-order valence-corrected chi connectivity index (χ3v) is 5.56. The highest BCUT2D eigenvalue weighted by molar-refractivity contribution is 5.79. The predicted molar refractivity (Wildman–Crippen MR) is 97.2 cm³/mol. The molecule has 2 aliphatic rings. The molecule has 0 N–H and O–H groups in total. The number of likely N-dealkylation sites (tertiary alicyclic amines) is 1. The molecular formula is C20H23FN4O. The zero-order valence-electron chi connectivity index (χ0n) is 14.8. The third-order valence-electron chi connectivity index (χ3n) is 5.56. The van der Waals surface area contributed by atoms with Crippen molar-refractivity contribution in [2.45, 2.75) is 25.7 Å². The Bertz CT molecular complexity index is 767. The summed E-state index contributed by atoms with van der Waals surface area (Å²) in [7, 11) is 0. The average molecular weight is 354 g/mol. The van der Waals surface area contributed by atoms with E-state index in [1.807, 2.05) is 11.0 Å². The van der Waals surface area contributed by atoms with Gasteiger partial charge in [0.15, 0.2) is 0 Å². The second kappa shape index (κ2) is 7.02. The second-order valence-electron chi connectivity index (χ2n) is 7.44. The maximum absolute atomic E-state index is 13.0. The summed E-state index contributed by atoms with van der Waals surface area (Å²) in [5, 5.41) is 0. The Morgan fingerprint density at radius 3 is 2.62 bits per heavy atom. The van der Waals surface area contributed by atoms with Crippen LogP contribution in [0, 0.1) is 11.2 Å². The largest absolute Gasteiger partial charge is 0.342 e. The van der Waals surface area contributed by atoms with Crippen molar-refractivity contribution in [3.8, 4) is 0 Å². The smallest absolute Gasteiger partial charge is 0.227 e. The van der Waals surface area contributed by atoms with E-state index in [0.717, 1.165) is 57.0 Å². The predicted octanol–water partition coefficient (Wildman–Crippen LogP) is 2.68. The van der Waals surface area contributed by atoms with Gasteiger partial charge in [0, 0.05) is 44.0 Å². The molecular weight excluding hydrogens is 331 g/mol. The molecule has 0 unspecified atom stereocenters. The van der Waals surface area contributed by atoms with E-state index in [1.165, 1.54) is 12.1 Å². The van der Waals surface area contributed by atoms with Crippen molar-refractivity contribution in [2.24, 2.45) is 5.41 Å². The number of carbonyl (C=O) groups excluding carboxylic acids is 1. The molecule has 0 aliphatic carbocycles. The van der Waals surface area contributed by atoms with Crippen LogP contribution in [0.15, 0.2) is 42.7 Å². The van der Waals surface area contributed by atoms with E-state index in [0.29, 0.717) is 6.42 Å². The molecule has 136 valence electrons. The molecule has 2 saturated heterocycles. The number of carbonyl (C=O) groups is 1. The van der Waals surface area contributed by atoms with Gasteiger partial charge in [-0.1, -0.05) is 12.1 Å². The van der Waals surface area contributed by atoms with Crippen LogP contribution in [0.5, 0.6) is 0 Å². The van der Waals surface area contributed by atoms with Crippen molar-refractivity contribution in [3.05, 3.63) is 54.1 Å². The van der Waals surface area contributed by atoms with E-state index < -0.39 is 0 Å². The van der Waals surface area contributed by atoms with E-state index in [9.17, 15) is 9.18 Å². The lowest BCUT2D eigenvalue weighted by molar-refractivity contribution is -0.129. The molecule has 0 radical (unpaired) electrons. The van der Waals surface area contributed by atoms with Gasteiger partial charge in [-0.2, -0.15) is 0 Å². The normalized spacial score (nSPS) is 22.8. The van der Waals surface area contributed by atoms with Gasteiger partial charge in [-0.05, 0) is 43.0 Å². The van der Waals surface area contributed by atoms with Crippen LogP contribution in [0.3, 0.4) is 0 Å². The zero-order valence-corrected chi connectivity index (χ0v) is 14.8. The summed E-state index contributed by atoms with van der Waals surface area (Å²) in [5.74, 6) is 0.635. The van der Waals surface area contributed by atoms with Crippen LogP contribution >= 0.6 is 0 Å². The average Bonchev–Trinajstić information content (AvgIpc) is 3.08. The molecule has 2 aromatic rings. The summed E-state index contributed by atoms with van der Waals surface area (Å²) in [6, 6.07) is 8.02. The molecule has 2 fully saturated rings. The number of hydrogen-bond donors (Lipinski definition) is 0. The molecule has 1 atom stereocenters. The number of anilines is 1. The van der Waals surface area contributed by atoms with Crippen LogP contribution in [-0.2, 0) is 11.2 Å². The number of hydrogen-bond acceptors (Lipinski definition) is 4. The zero-order chi connectivity index (χ0) is 18.0. The van der Waals surface area contributed by atoms with Crippen LogP contribution < -0.4 is 4.90 Å². The Kier molecular flexibility index (Phi) is 4.57. The SMILES string of the molecule is O=C(Cc1ccc(F)cc1)N1CC[C@]2(CCCN(c3ncccn3)C2)C1. The minimum atomic E-state index is -0.272. The minimum Gasteiger partial charge on any atom is -0.342 e. The van der Waals surface area contributed by atoms with E-state index in [4.69, 9.17) is 0 Å². The highest BCUT2D eigenvalue weighted by atomic mass is 19.1. The molecule has 1 aromatic carbocycles. The van der Waals surface area contributed by atoms with Gasteiger partial charge in [0.25, 0.3) is 0 Å². The Balaban J connectivity index is 1.40. The molecule has 1 spiro atoms. The topological polar surface area (TPSA) is 49.3 Å². The summed E-state index contributed by atoms with van der Waals surface area (Å²) in [6.45, 7) is 3.45. The van der Waals surface area contributed by atoms with E-state index in [-0.39, 0.29) is 17.1 Å². The molecule has 26 heavy (non-hydrogen) atoms. The first-order valence-corrected chi connectivity index (χ1v) is 9.18. The van der Waals surface area contributed by atoms with E-state index >= 15 is 0 Å². The van der Waals surface area contributed by atoms with Crippen molar-refractivity contribution < 1.29 is 9.18 Å². The molecule has 3 heterocycles. The van der Waals surface area contributed by atoms with Gasteiger partial charge in [0.1, 0.15) is 5.82 Å². The maximum Gasteiger partial charge on any atom is 0.227 e. The lowest BCUT2D eigenvalue weighted by Gasteiger charge is -2.40. The van der Waals surface area contributed by atoms with Crippen molar-refractivity contribution in [1.29, 1.82) is 0 Å². The first-order chi connectivity index (χ1) is 12.6. The lowest BCUT2D eigenvalue weighted by Crippen LogP contribution is -2.46. The Hall–Kier alpha value is -2.50. The van der Waals surface area contributed by atoms with Crippen LogP contribution in [0.1, 0.15) is 24.8 Å². The van der Waals surface area contributed by atoms with Crippen molar-refractivity contribution in [1.82, 2.24) is 14.9 Å². The van der Waals surface area contributed by atoms with Gasteiger partial charge >= 0.3 is 0 Å². The van der Waals surface area contributed by atoms with Crippen LogP contribution in [-0.4, -0.2) is 47.0 Å². The number of rotatable bonds is 3. The van der Waals surface area contributed by atoms with E-state index in [1.54, 1.807) is 24.5 Å². The van der Waals surface area contributed by atoms with Crippen LogP contribution in [0.2, 0.25) is 0 Å². The Morgan fingerprint density at radius 1 is 1.08 bits per heavy atom. The Labute approximate surface area is 152 Å². The van der Waals surface area contributed by atoms with Gasteiger partial charge in [-0.25, -0.2) is 14.4 Å². The van der Waals surface area contributed by atoms with Crippen molar-refractivity contribution in [3.63, 3.8) is 0 Å². The van der Waals surface area contributed by atoms with Gasteiger partial charge in [0.2, 0.25) is 11.9 Å². The minimum absolute atomic E-state index is 0.126. The Morgan fingerprint density at radius 2 is 1.85 bits per heavy atom. The van der Waals surface area contributed by atoms with Gasteiger partial charge in [-0.3, -0.25) is 4.79 Å². The van der Waals surface area contributed by atoms with Crippen molar-refractivity contribution >= 4 is 11.9 Å². The summed E-state index contributed by atoms with van der Waals surface area (Å²) in [6.07, 6.45) is 7.13. The summed E-state index contributed by atoms with van der Waals surface area (Å²) in [5.41, 5.74) is 0.996. The van der Waals surface area contributed by atoms with Crippen LogP contribution in [0.4, 0.5) is 10.3 Å². The van der Waals surface area contributed by atoms with Crippen LogP contribution in [0.25, 0.3) is 0 Å². The highest BCUT2D eigenvalue weighted by Gasteiger charge is 2.43. The maximum atomic E-state index is 13.0. The van der Waals surface area contributed by atoms with Gasteiger partial charge in [-0.15, -0.1) is 0 Å². The quantitative estimate of drug-likeness (QED) is 0.850. The summed E-state index contributed by atoms with van der Waals surface area (Å²) >= 11 is 0. The fourth-order valence-corrected chi connectivity index (χ4v) is 4.20. The number of benzene rings is 1. The number of piperidine rings is 1. The molecule has 4 rings (SSSR count). The second-order valence-corrected chi connectivity index (χ2v) is 7.44. The first-order valence-electron chi connectivity index (χ1n) is 9.18. The third kappa shape index (κ3) is 3.54. The number of halogens is 1.